The highest BCUT2D eigenvalue weighted by Crippen LogP contribution is 2.36. The van der Waals surface area contributed by atoms with Crippen LogP contribution in [0.2, 0.25) is 0 Å². The summed E-state index contributed by atoms with van der Waals surface area (Å²) in [5, 5.41) is 0. The van der Waals surface area contributed by atoms with Crippen molar-refractivity contribution >= 4 is 17.6 Å². The van der Waals surface area contributed by atoms with Crippen molar-refractivity contribution in [1.82, 2.24) is 15.0 Å². The van der Waals surface area contributed by atoms with Crippen molar-refractivity contribution in [3.63, 3.8) is 0 Å². The smallest absolute Gasteiger partial charge is 0.231 e. The molecule has 9 nitrogen and oxygen atoms in total. The number of nitrogens with zero attached hydrogens (tertiary/aromatic N) is 5. The quantitative estimate of drug-likeness (QED) is 0.540. The van der Waals surface area contributed by atoms with Gasteiger partial charge in [0, 0.05) is 24.3 Å². The highest BCUT2D eigenvalue weighted by molar-refractivity contribution is 5.62. The highest BCUT2D eigenvalue weighted by atomic mass is 16.5. The molecule has 3 aromatic rings. The van der Waals surface area contributed by atoms with Gasteiger partial charge in [-0.3, -0.25) is 0 Å². The number of aromatic nitrogens is 3. The number of ether oxygens (including phenoxy) is 3. The largest absolute Gasteiger partial charge is 0.399 e. The Morgan fingerprint density at radius 2 is 1.66 bits per heavy atom. The van der Waals surface area contributed by atoms with Crippen LogP contribution in [-0.2, 0) is 20.8 Å². The molecule has 2 N–H and O–H groups in total. The second-order valence-corrected chi connectivity index (χ2v) is 9.22. The fraction of sp³-hybridized carbons (Fsp3) is 0.423. The minimum atomic E-state index is 0.0475. The first kappa shape index (κ1) is 22.2. The number of benzene rings is 2. The lowest BCUT2D eigenvalue weighted by Gasteiger charge is -2.36. The molecule has 6 rings (SSSR count). The van der Waals surface area contributed by atoms with Gasteiger partial charge in [0.25, 0.3) is 0 Å². The van der Waals surface area contributed by atoms with E-state index in [2.05, 4.69) is 21.9 Å². The molecular weight excluding hydrogens is 444 g/mol. The molecule has 0 saturated carbocycles. The third-order valence-corrected chi connectivity index (χ3v) is 6.90. The molecule has 182 valence electrons. The highest BCUT2D eigenvalue weighted by Gasteiger charge is 2.46. The van der Waals surface area contributed by atoms with Crippen LogP contribution in [0, 0.1) is 0 Å². The standard InChI is InChI=1S/C26H30N6O3/c27-20-8-6-19(7-9-20)24-28-25(31-10-12-33-13-11-31)30-26(29-24)32-21-14-23(22(32)17-34-16-21)35-15-18-4-2-1-3-5-18/h1-9,21-23H,10-17,27H2/t21-,22-,23-/m1/s1. The van der Waals surface area contributed by atoms with Crippen LogP contribution in [0.25, 0.3) is 11.4 Å². The van der Waals surface area contributed by atoms with Gasteiger partial charge >= 0.3 is 0 Å². The van der Waals surface area contributed by atoms with Crippen molar-refractivity contribution in [3.05, 3.63) is 60.2 Å². The van der Waals surface area contributed by atoms with Crippen molar-refractivity contribution in [2.75, 3.05) is 55.1 Å². The summed E-state index contributed by atoms with van der Waals surface area (Å²) in [6.07, 6.45) is 0.930. The zero-order chi connectivity index (χ0) is 23.6. The first-order valence-corrected chi connectivity index (χ1v) is 12.2. The molecule has 0 aliphatic carbocycles. The first-order valence-electron chi connectivity index (χ1n) is 12.2. The van der Waals surface area contributed by atoms with Crippen LogP contribution in [0.1, 0.15) is 12.0 Å². The van der Waals surface area contributed by atoms with E-state index in [4.69, 9.17) is 34.9 Å². The molecule has 3 aliphatic rings. The van der Waals surface area contributed by atoms with Crippen LogP contribution in [0.4, 0.5) is 17.6 Å². The summed E-state index contributed by atoms with van der Waals surface area (Å²) in [5.74, 6) is 2.00. The third-order valence-electron chi connectivity index (χ3n) is 6.90. The van der Waals surface area contributed by atoms with Crippen LogP contribution in [0.5, 0.6) is 0 Å². The van der Waals surface area contributed by atoms with Gasteiger partial charge in [-0.15, -0.1) is 0 Å². The Labute approximate surface area is 204 Å². The number of rotatable bonds is 6. The van der Waals surface area contributed by atoms with Crippen LogP contribution in [-0.4, -0.2) is 72.7 Å². The average molecular weight is 475 g/mol. The molecule has 35 heavy (non-hydrogen) atoms. The second kappa shape index (κ2) is 9.77. The summed E-state index contributed by atoms with van der Waals surface area (Å²) < 4.78 is 17.9. The van der Waals surface area contributed by atoms with Gasteiger partial charge in [-0.05, 0) is 36.2 Å². The summed E-state index contributed by atoms with van der Waals surface area (Å²) in [5.41, 5.74) is 8.71. The van der Waals surface area contributed by atoms with E-state index in [1.165, 1.54) is 5.56 Å². The molecule has 3 atom stereocenters. The normalized spacial score (nSPS) is 24.1. The Balaban J connectivity index is 1.32. The van der Waals surface area contributed by atoms with Crippen molar-refractivity contribution in [3.8, 4) is 11.4 Å². The number of nitrogen functional groups attached to an aromatic ring is 1. The Morgan fingerprint density at radius 1 is 0.886 bits per heavy atom. The van der Waals surface area contributed by atoms with Gasteiger partial charge in [0.1, 0.15) is 0 Å². The van der Waals surface area contributed by atoms with Gasteiger partial charge in [-0.2, -0.15) is 15.0 Å². The molecule has 3 saturated heterocycles. The maximum absolute atomic E-state index is 6.40. The molecule has 3 aliphatic heterocycles. The average Bonchev–Trinajstić information content (AvgIpc) is 3.13. The molecule has 3 fully saturated rings. The summed E-state index contributed by atoms with van der Waals surface area (Å²) in [7, 11) is 0. The van der Waals surface area contributed by atoms with Crippen LogP contribution < -0.4 is 15.5 Å². The maximum Gasteiger partial charge on any atom is 0.231 e. The number of hydrogen-bond acceptors (Lipinski definition) is 9. The van der Waals surface area contributed by atoms with E-state index in [9.17, 15) is 0 Å². The second-order valence-electron chi connectivity index (χ2n) is 9.22. The molecule has 1 aromatic heterocycles. The molecule has 0 unspecified atom stereocenters. The summed E-state index contributed by atoms with van der Waals surface area (Å²) in [4.78, 5) is 19.2. The van der Waals surface area contributed by atoms with Crippen molar-refractivity contribution in [1.29, 1.82) is 0 Å². The van der Waals surface area contributed by atoms with E-state index in [0.717, 1.165) is 25.1 Å². The summed E-state index contributed by atoms with van der Waals surface area (Å²) in [6.45, 7) is 4.64. The van der Waals surface area contributed by atoms with Gasteiger partial charge in [0.05, 0.1) is 51.2 Å². The van der Waals surface area contributed by atoms with E-state index < -0.39 is 0 Å². The van der Waals surface area contributed by atoms with Crippen molar-refractivity contribution < 1.29 is 14.2 Å². The minimum absolute atomic E-state index is 0.0475. The monoisotopic (exact) mass is 474 g/mol. The van der Waals surface area contributed by atoms with Gasteiger partial charge in [0.2, 0.25) is 11.9 Å². The number of anilines is 3. The van der Waals surface area contributed by atoms with Crippen LogP contribution in [0.15, 0.2) is 54.6 Å². The Kier molecular flexibility index (Phi) is 6.20. The minimum Gasteiger partial charge on any atom is -0.399 e. The van der Waals surface area contributed by atoms with Gasteiger partial charge in [0.15, 0.2) is 5.82 Å². The number of morpholine rings is 2. The number of fused-ring (bicyclic) bond motifs is 2. The van der Waals surface area contributed by atoms with Gasteiger partial charge < -0.3 is 29.7 Å². The molecule has 2 bridgehead atoms. The maximum atomic E-state index is 6.40. The SMILES string of the molecule is Nc1ccc(-c2nc(N3CCOCC3)nc(N3[C@H]4COC[C@@H]3[C@H](OCc3ccccc3)C4)n2)cc1. The van der Waals surface area contributed by atoms with Crippen LogP contribution >= 0.6 is 0 Å². The third kappa shape index (κ3) is 4.67. The van der Waals surface area contributed by atoms with Crippen LogP contribution in [0.3, 0.4) is 0 Å². The fourth-order valence-corrected chi connectivity index (χ4v) is 5.05. The van der Waals surface area contributed by atoms with Gasteiger partial charge in [-0.25, -0.2) is 0 Å². The molecule has 0 radical (unpaired) electrons. The zero-order valence-corrected chi connectivity index (χ0v) is 19.6. The van der Waals surface area contributed by atoms with E-state index in [-0.39, 0.29) is 18.2 Å². The predicted octanol–water partition coefficient (Wildman–Crippen LogP) is 2.52. The molecule has 0 amide bonds. The fourth-order valence-electron chi connectivity index (χ4n) is 5.05. The van der Waals surface area contributed by atoms with E-state index in [1.54, 1.807) is 0 Å². The Hall–Kier alpha value is -3.27. The van der Waals surface area contributed by atoms with Crippen molar-refractivity contribution in [2.45, 2.75) is 31.2 Å². The number of nitrogens with two attached hydrogens (primary N) is 1. The lowest BCUT2D eigenvalue weighted by Crippen LogP contribution is -2.49. The lowest BCUT2D eigenvalue weighted by molar-refractivity contribution is 0.0163. The van der Waals surface area contributed by atoms with Crippen molar-refractivity contribution in [2.24, 2.45) is 0 Å². The summed E-state index contributed by atoms with van der Waals surface area (Å²) >= 11 is 0. The molecule has 2 aromatic carbocycles. The lowest BCUT2D eigenvalue weighted by atomic mass is 10.1. The van der Waals surface area contributed by atoms with E-state index >= 15 is 0 Å². The van der Waals surface area contributed by atoms with E-state index in [1.807, 2.05) is 42.5 Å². The molecule has 9 heteroatoms. The van der Waals surface area contributed by atoms with E-state index in [0.29, 0.717) is 56.4 Å². The zero-order valence-electron chi connectivity index (χ0n) is 19.6. The number of hydrogen-bond donors (Lipinski definition) is 1. The molecule has 4 heterocycles. The predicted molar refractivity (Wildman–Crippen MR) is 133 cm³/mol. The Morgan fingerprint density at radius 3 is 2.46 bits per heavy atom. The summed E-state index contributed by atoms with van der Waals surface area (Å²) in [6, 6.07) is 18.2. The molecule has 0 spiro atoms. The van der Waals surface area contributed by atoms with Gasteiger partial charge in [-0.1, -0.05) is 30.3 Å². The molecular formula is C26H30N6O3. The first-order chi connectivity index (χ1) is 17.2. The topological polar surface area (TPSA) is 98.9 Å². The Bertz CT molecular complexity index is 1140.